The second-order valence-electron chi connectivity index (χ2n) is 4.86. The van der Waals surface area contributed by atoms with Crippen LogP contribution in [0.1, 0.15) is 17.3 Å². The quantitative estimate of drug-likeness (QED) is 0.470. The van der Waals surface area contributed by atoms with E-state index in [4.69, 9.17) is 9.47 Å². The van der Waals surface area contributed by atoms with E-state index >= 15 is 0 Å². The van der Waals surface area contributed by atoms with Crippen LogP contribution < -0.4 is 10.1 Å². The Bertz CT molecular complexity index is 773. The van der Waals surface area contributed by atoms with Crippen molar-refractivity contribution >= 4 is 23.3 Å². The van der Waals surface area contributed by atoms with Crippen LogP contribution in [0.3, 0.4) is 0 Å². The maximum atomic E-state index is 11.9. The van der Waals surface area contributed by atoms with E-state index in [2.05, 4.69) is 5.32 Å². The van der Waals surface area contributed by atoms with Crippen LogP contribution in [0, 0.1) is 10.1 Å². The summed E-state index contributed by atoms with van der Waals surface area (Å²) in [6, 6.07) is 11.8. The van der Waals surface area contributed by atoms with Crippen molar-refractivity contribution < 1.29 is 24.0 Å². The number of para-hydroxylation sites is 2. The average molecular weight is 344 g/mol. The number of non-ortho nitro benzene ring substituents is 1. The molecule has 0 fully saturated rings. The van der Waals surface area contributed by atoms with Gasteiger partial charge in [-0.1, -0.05) is 12.1 Å². The van der Waals surface area contributed by atoms with Gasteiger partial charge in [-0.3, -0.25) is 14.9 Å². The number of hydrogen-bond donors (Lipinski definition) is 1. The molecule has 0 aliphatic rings. The highest BCUT2D eigenvalue weighted by molar-refractivity contribution is 5.96. The maximum Gasteiger partial charge on any atom is 0.338 e. The van der Waals surface area contributed by atoms with Gasteiger partial charge in [-0.2, -0.15) is 0 Å². The topological polar surface area (TPSA) is 108 Å². The Balaban J connectivity index is 1.91. The van der Waals surface area contributed by atoms with Crippen molar-refractivity contribution in [3.8, 4) is 5.75 Å². The molecule has 2 rings (SSSR count). The van der Waals surface area contributed by atoms with Gasteiger partial charge in [0.1, 0.15) is 5.75 Å². The number of nitro groups is 1. The monoisotopic (exact) mass is 344 g/mol. The zero-order valence-corrected chi connectivity index (χ0v) is 13.4. The van der Waals surface area contributed by atoms with Crippen LogP contribution in [0.15, 0.2) is 48.5 Å². The molecule has 0 aliphatic carbocycles. The molecule has 1 amide bonds. The predicted molar refractivity (Wildman–Crippen MR) is 89.6 cm³/mol. The summed E-state index contributed by atoms with van der Waals surface area (Å²) in [5, 5.41) is 13.2. The molecule has 0 spiro atoms. The number of carbonyl (C=O) groups excluding carboxylic acids is 2. The van der Waals surface area contributed by atoms with Gasteiger partial charge in [-0.05, 0) is 31.2 Å². The molecule has 2 aromatic rings. The number of benzene rings is 2. The first-order valence-electron chi connectivity index (χ1n) is 7.44. The summed E-state index contributed by atoms with van der Waals surface area (Å²) < 4.78 is 10.3. The number of nitro benzene ring substituents is 1. The standard InChI is InChI=1S/C17H16N2O6/c1-2-24-15-6-4-3-5-14(15)18-16(20)11-25-17(21)12-7-9-13(10-8-12)19(22)23/h3-10H,2,11H2,1H3,(H,18,20). The van der Waals surface area contributed by atoms with Gasteiger partial charge >= 0.3 is 5.97 Å². The van der Waals surface area contributed by atoms with Gasteiger partial charge in [0, 0.05) is 12.1 Å². The summed E-state index contributed by atoms with van der Waals surface area (Å²) in [6.07, 6.45) is 0. The Hall–Kier alpha value is -3.42. The third kappa shape index (κ3) is 5.03. The molecule has 130 valence electrons. The van der Waals surface area contributed by atoms with Crippen molar-refractivity contribution in [2.75, 3.05) is 18.5 Å². The van der Waals surface area contributed by atoms with Crippen LogP contribution in [-0.2, 0) is 9.53 Å². The van der Waals surface area contributed by atoms with Gasteiger partial charge in [-0.25, -0.2) is 4.79 Å². The minimum Gasteiger partial charge on any atom is -0.492 e. The Morgan fingerprint density at radius 2 is 1.80 bits per heavy atom. The number of esters is 1. The van der Waals surface area contributed by atoms with E-state index in [0.29, 0.717) is 18.0 Å². The number of anilines is 1. The van der Waals surface area contributed by atoms with Crippen molar-refractivity contribution in [1.82, 2.24) is 0 Å². The van der Waals surface area contributed by atoms with Crippen LogP contribution in [0.25, 0.3) is 0 Å². The fourth-order valence-electron chi connectivity index (χ4n) is 1.97. The van der Waals surface area contributed by atoms with Crippen LogP contribution in [-0.4, -0.2) is 30.0 Å². The zero-order chi connectivity index (χ0) is 18.2. The molecule has 1 N–H and O–H groups in total. The third-order valence-electron chi connectivity index (χ3n) is 3.11. The van der Waals surface area contributed by atoms with Gasteiger partial charge in [0.05, 0.1) is 22.8 Å². The number of rotatable bonds is 7. The lowest BCUT2D eigenvalue weighted by Gasteiger charge is -2.11. The number of ether oxygens (including phenoxy) is 2. The largest absolute Gasteiger partial charge is 0.492 e. The lowest BCUT2D eigenvalue weighted by molar-refractivity contribution is -0.384. The number of carbonyl (C=O) groups is 2. The molecule has 0 aromatic heterocycles. The summed E-state index contributed by atoms with van der Waals surface area (Å²) in [5.41, 5.74) is 0.454. The third-order valence-corrected chi connectivity index (χ3v) is 3.11. The predicted octanol–water partition coefficient (Wildman–Crippen LogP) is 2.79. The fraction of sp³-hybridized carbons (Fsp3) is 0.176. The van der Waals surface area contributed by atoms with Gasteiger partial charge in [-0.15, -0.1) is 0 Å². The van der Waals surface area contributed by atoms with E-state index < -0.39 is 23.4 Å². The van der Waals surface area contributed by atoms with Gasteiger partial charge in [0.25, 0.3) is 11.6 Å². The highest BCUT2D eigenvalue weighted by atomic mass is 16.6. The van der Waals surface area contributed by atoms with Crippen LogP contribution >= 0.6 is 0 Å². The normalized spacial score (nSPS) is 9.96. The highest BCUT2D eigenvalue weighted by Gasteiger charge is 2.13. The number of amides is 1. The van der Waals surface area contributed by atoms with Crippen LogP contribution in [0.2, 0.25) is 0 Å². The van der Waals surface area contributed by atoms with E-state index in [1.807, 2.05) is 6.92 Å². The van der Waals surface area contributed by atoms with E-state index in [-0.39, 0.29) is 11.3 Å². The van der Waals surface area contributed by atoms with Crippen molar-refractivity contribution in [3.05, 3.63) is 64.2 Å². The summed E-state index contributed by atoms with van der Waals surface area (Å²) in [6.45, 7) is 1.78. The first-order chi connectivity index (χ1) is 12.0. The smallest absolute Gasteiger partial charge is 0.338 e. The molecule has 25 heavy (non-hydrogen) atoms. The zero-order valence-electron chi connectivity index (χ0n) is 13.4. The molecule has 0 bridgehead atoms. The second kappa shape index (κ2) is 8.44. The number of nitrogens with one attached hydrogen (secondary N) is 1. The summed E-state index contributed by atoms with van der Waals surface area (Å²) >= 11 is 0. The lowest BCUT2D eigenvalue weighted by atomic mass is 10.2. The first kappa shape index (κ1) is 17.9. The molecule has 0 heterocycles. The number of nitrogens with zero attached hydrogens (tertiary/aromatic N) is 1. The molecule has 0 saturated heterocycles. The average Bonchev–Trinajstić information content (AvgIpc) is 2.61. The molecule has 0 atom stereocenters. The minimum atomic E-state index is -0.747. The second-order valence-corrected chi connectivity index (χ2v) is 4.86. The minimum absolute atomic E-state index is 0.119. The SMILES string of the molecule is CCOc1ccccc1NC(=O)COC(=O)c1ccc([N+](=O)[O-])cc1. The van der Waals surface area contributed by atoms with E-state index in [0.717, 1.165) is 0 Å². The van der Waals surface area contributed by atoms with E-state index in [1.54, 1.807) is 24.3 Å². The first-order valence-corrected chi connectivity index (χ1v) is 7.44. The molecular formula is C17H16N2O6. The van der Waals surface area contributed by atoms with Gasteiger partial charge in [0.15, 0.2) is 6.61 Å². The van der Waals surface area contributed by atoms with E-state index in [9.17, 15) is 19.7 Å². The molecule has 8 nitrogen and oxygen atoms in total. The molecule has 2 aromatic carbocycles. The van der Waals surface area contributed by atoms with E-state index in [1.165, 1.54) is 24.3 Å². The Morgan fingerprint density at radius 1 is 1.12 bits per heavy atom. The Labute approximate surface area is 143 Å². The van der Waals surface area contributed by atoms with Crippen molar-refractivity contribution in [2.24, 2.45) is 0 Å². The molecule has 8 heteroatoms. The lowest BCUT2D eigenvalue weighted by Crippen LogP contribution is -2.21. The summed E-state index contributed by atoms with van der Waals surface area (Å²) in [5.74, 6) is -0.759. The Kier molecular flexibility index (Phi) is 6.05. The maximum absolute atomic E-state index is 11.9. The molecule has 0 saturated carbocycles. The summed E-state index contributed by atoms with van der Waals surface area (Å²) in [7, 11) is 0. The summed E-state index contributed by atoms with van der Waals surface area (Å²) in [4.78, 5) is 33.8. The fourth-order valence-corrected chi connectivity index (χ4v) is 1.97. The molecule has 0 radical (unpaired) electrons. The highest BCUT2D eigenvalue weighted by Crippen LogP contribution is 2.23. The van der Waals surface area contributed by atoms with Crippen molar-refractivity contribution in [1.29, 1.82) is 0 Å². The Morgan fingerprint density at radius 3 is 2.44 bits per heavy atom. The molecule has 0 unspecified atom stereocenters. The number of hydrogen-bond acceptors (Lipinski definition) is 6. The van der Waals surface area contributed by atoms with Gasteiger partial charge in [0.2, 0.25) is 0 Å². The van der Waals surface area contributed by atoms with Gasteiger partial charge < -0.3 is 14.8 Å². The van der Waals surface area contributed by atoms with Crippen LogP contribution in [0.5, 0.6) is 5.75 Å². The van der Waals surface area contributed by atoms with Crippen molar-refractivity contribution in [3.63, 3.8) is 0 Å². The van der Waals surface area contributed by atoms with Crippen LogP contribution in [0.4, 0.5) is 11.4 Å². The molecular weight excluding hydrogens is 328 g/mol. The molecule has 0 aliphatic heterocycles. The van der Waals surface area contributed by atoms with Crippen molar-refractivity contribution in [2.45, 2.75) is 6.92 Å².